The second kappa shape index (κ2) is 7.16. The molecule has 2 aromatic heterocycles. The first-order valence-corrected chi connectivity index (χ1v) is 9.34. The molecule has 0 saturated carbocycles. The van der Waals surface area contributed by atoms with E-state index in [0.717, 1.165) is 17.3 Å². The number of tetrazole rings is 1. The predicted molar refractivity (Wildman–Crippen MR) is 108 cm³/mol. The summed E-state index contributed by atoms with van der Waals surface area (Å²) in [5.74, 6) is 2.93. The minimum Gasteiger partial charge on any atom is -0.465 e. The molecule has 0 saturated heterocycles. The van der Waals surface area contributed by atoms with E-state index in [4.69, 9.17) is 4.42 Å². The van der Waals surface area contributed by atoms with Crippen LogP contribution in [0.25, 0.3) is 0 Å². The second-order valence-corrected chi connectivity index (χ2v) is 11.0. The maximum atomic E-state index is 5.81. The number of hydrogen-bond donors (Lipinski definition) is 0. The zero-order valence-electron chi connectivity index (χ0n) is 18.9. The summed E-state index contributed by atoms with van der Waals surface area (Å²) in [5.41, 5.74) is 0.118. The summed E-state index contributed by atoms with van der Waals surface area (Å²) in [6.07, 6.45) is 0. The Morgan fingerprint density at radius 1 is 0.692 bits per heavy atom. The molecule has 0 unspecified atom stereocenters. The highest BCUT2D eigenvalue weighted by Gasteiger charge is 2.24. The first-order valence-electron chi connectivity index (χ1n) is 9.34. The van der Waals surface area contributed by atoms with E-state index in [-0.39, 0.29) is 21.8 Å². The lowest BCUT2D eigenvalue weighted by molar-refractivity contribution is 0.303. The van der Waals surface area contributed by atoms with Gasteiger partial charge in [-0.25, -0.2) is 0 Å². The molecule has 2 rings (SSSR count). The topological polar surface area (TPSA) is 56.7 Å². The molecule has 0 spiro atoms. The van der Waals surface area contributed by atoms with Gasteiger partial charge in [0.05, 0.1) is 5.54 Å². The third kappa shape index (κ3) is 6.26. The fourth-order valence-electron chi connectivity index (χ4n) is 1.94. The number of nitrogens with zero attached hydrogens (tertiary/aromatic N) is 4. The van der Waals surface area contributed by atoms with Gasteiger partial charge in [-0.1, -0.05) is 62.3 Å². The minimum absolute atomic E-state index is 0.0243. The van der Waals surface area contributed by atoms with Crippen LogP contribution in [-0.4, -0.2) is 20.2 Å². The van der Waals surface area contributed by atoms with Crippen LogP contribution in [0.4, 0.5) is 0 Å². The Bertz CT molecular complexity index is 579. The summed E-state index contributed by atoms with van der Waals surface area (Å²) in [7, 11) is 0. The van der Waals surface area contributed by atoms with Crippen LogP contribution < -0.4 is 0 Å². The summed E-state index contributed by atoms with van der Waals surface area (Å²) >= 11 is 0. The van der Waals surface area contributed by atoms with Crippen LogP contribution in [0, 0.1) is 0 Å². The first-order chi connectivity index (χ1) is 11.4. The standard InChI is InChI=1S/C12H20O.C9H18N4/c1-11(2,3)9-7-8-10(13-9)12(4,5)6;1-8(2,3)7-10-12-13(11-7)9(4,5)6/h7-8H,1-6H3;1-6H3. The number of rotatable bonds is 0. The van der Waals surface area contributed by atoms with Gasteiger partial charge in [0.2, 0.25) is 0 Å². The Morgan fingerprint density at radius 2 is 1.12 bits per heavy atom. The lowest BCUT2D eigenvalue weighted by Crippen LogP contribution is -2.25. The van der Waals surface area contributed by atoms with E-state index in [0.29, 0.717) is 0 Å². The van der Waals surface area contributed by atoms with Crippen LogP contribution in [0.3, 0.4) is 0 Å². The van der Waals surface area contributed by atoms with Crippen molar-refractivity contribution >= 4 is 0 Å². The molecular formula is C21H38N4O. The van der Waals surface area contributed by atoms with Gasteiger partial charge in [0.25, 0.3) is 0 Å². The number of furan rings is 1. The fourth-order valence-corrected chi connectivity index (χ4v) is 1.94. The maximum absolute atomic E-state index is 5.81. The zero-order valence-corrected chi connectivity index (χ0v) is 18.9. The molecule has 0 atom stereocenters. The van der Waals surface area contributed by atoms with Crippen molar-refractivity contribution in [3.05, 3.63) is 29.5 Å². The minimum atomic E-state index is -0.0868. The van der Waals surface area contributed by atoms with Crippen molar-refractivity contribution < 1.29 is 4.42 Å². The van der Waals surface area contributed by atoms with Gasteiger partial charge >= 0.3 is 0 Å². The molecule has 148 valence electrons. The molecule has 0 aromatic carbocycles. The Hall–Kier alpha value is -1.65. The quantitative estimate of drug-likeness (QED) is 0.612. The van der Waals surface area contributed by atoms with Gasteiger partial charge in [-0.15, -0.1) is 10.2 Å². The van der Waals surface area contributed by atoms with Gasteiger partial charge in [-0.2, -0.15) is 4.80 Å². The number of hydrogen-bond acceptors (Lipinski definition) is 4. The predicted octanol–water partition coefficient (Wildman–Crippen LogP) is 5.60. The van der Waals surface area contributed by atoms with Gasteiger partial charge < -0.3 is 4.42 Å². The van der Waals surface area contributed by atoms with E-state index in [2.05, 4.69) is 111 Å². The van der Waals surface area contributed by atoms with Gasteiger partial charge in [0, 0.05) is 16.2 Å². The van der Waals surface area contributed by atoms with Crippen LogP contribution in [0.5, 0.6) is 0 Å². The third-order valence-electron chi connectivity index (χ3n) is 3.77. The van der Waals surface area contributed by atoms with Crippen molar-refractivity contribution in [3.63, 3.8) is 0 Å². The highest BCUT2D eigenvalue weighted by Crippen LogP contribution is 2.30. The van der Waals surface area contributed by atoms with Crippen molar-refractivity contribution in [2.24, 2.45) is 0 Å². The van der Waals surface area contributed by atoms with E-state index >= 15 is 0 Å². The van der Waals surface area contributed by atoms with Crippen molar-refractivity contribution in [2.75, 3.05) is 0 Å². The smallest absolute Gasteiger partial charge is 0.180 e. The summed E-state index contributed by atoms with van der Waals surface area (Å²) in [5, 5.41) is 12.4. The van der Waals surface area contributed by atoms with Crippen molar-refractivity contribution in [2.45, 2.75) is 105 Å². The largest absolute Gasteiger partial charge is 0.465 e. The van der Waals surface area contributed by atoms with Crippen LogP contribution in [-0.2, 0) is 21.8 Å². The molecule has 0 bridgehead atoms. The van der Waals surface area contributed by atoms with Crippen LogP contribution in [0.1, 0.15) is 100 Å². The highest BCUT2D eigenvalue weighted by molar-refractivity contribution is 5.18. The number of aromatic nitrogens is 4. The van der Waals surface area contributed by atoms with Crippen molar-refractivity contribution in [1.82, 2.24) is 20.2 Å². The molecular weight excluding hydrogens is 324 g/mol. The van der Waals surface area contributed by atoms with Crippen LogP contribution >= 0.6 is 0 Å². The lowest BCUT2D eigenvalue weighted by atomic mass is 9.93. The summed E-state index contributed by atoms with van der Waals surface area (Å²) in [4.78, 5) is 1.66. The average Bonchev–Trinajstić information content (AvgIpc) is 3.06. The lowest BCUT2D eigenvalue weighted by Gasteiger charge is -2.17. The molecule has 0 amide bonds. The molecule has 0 fully saturated rings. The van der Waals surface area contributed by atoms with Crippen LogP contribution in [0.2, 0.25) is 0 Å². The molecule has 0 N–H and O–H groups in total. The highest BCUT2D eigenvalue weighted by atomic mass is 16.3. The van der Waals surface area contributed by atoms with Crippen molar-refractivity contribution in [3.8, 4) is 0 Å². The molecule has 5 heteroatoms. The molecule has 0 radical (unpaired) electrons. The SMILES string of the molecule is CC(C)(C)c1ccc(C(C)(C)C)o1.CC(C)(C)c1nnn(C(C)(C)C)n1. The van der Waals surface area contributed by atoms with E-state index < -0.39 is 0 Å². The van der Waals surface area contributed by atoms with Gasteiger partial charge in [0.1, 0.15) is 11.5 Å². The van der Waals surface area contributed by atoms with Crippen molar-refractivity contribution in [1.29, 1.82) is 0 Å². The molecule has 0 aliphatic carbocycles. The molecule has 5 nitrogen and oxygen atoms in total. The second-order valence-electron chi connectivity index (χ2n) is 11.0. The average molecular weight is 363 g/mol. The normalized spacial score (nSPS) is 13.4. The summed E-state index contributed by atoms with van der Waals surface area (Å²) in [6.45, 7) is 25.4. The molecule has 2 heterocycles. The Balaban J connectivity index is 0.000000260. The molecule has 2 aromatic rings. The van der Waals surface area contributed by atoms with E-state index in [1.54, 1.807) is 4.80 Å². The summed E-state index contributed by atoms with van der Waals surface area (Å²) < 4.78 is 5.81. The molecule has 26 heavy (non-hydrogen) atoms. The maximum Gasteiger partial charge on any atom is 0.180 e. The van der Waals surface area contributed by atoms with E-state index in [1.165, 1.54) is 0 Å². The van der Waals surface area contributed by atoms with Gasteiger partial charge in [-0.3, -0.25) is 0 Å². The van der Waals surface area contributed by atoms with E-state index in [9.17, 15) is 0 Å². The fraction of sp³-hybridized carbons (Fsp3) is 0.762. The monoisotopic (exact) mass is 362 g/mol. The molecule has 0 aliphatic rings. The Kier molecular flexibility index (Phi) is 6.17. The summed E-state index contributed by atoms with van der Waals surface area (Å²) in [6, 6.07) is 4.17. The van der Waals surface area contributed by atoms with Gasteiger partial charge in [-0.05, 0) is 38.1 Å². The van der Waals surface area contributed by atoms with E-state index in [1.807, 2.05) is 0 Å². The Morgan fingerprint density at radius 3 is 1.31 bits per heavy atom. The third-order valence-corrected chi connectivity index (χ3v) is 3.77. The van der Waals surface area contributed by atoms with Gasteiger partial charge in [0.15, 0.2) is 5.82 Å². The molecule has 0 aliphatic heterocycles. The first kappa shape index (κ1) is 22.4. The Labute approximate surface area is 159 Å². The zero-order chi connectivity index (χ0) is 20.6. The van der Waals surface area contributed by atoms with Crippen LogP contribution in [0.15, 0.2) is 16.5 Å².